The Labute approximate surface area is 316 Å². The van der Waals surface area contributed by atoms with Crippen molar-refractivity contribution in [2.24, 2.45) is 0 Å². The van der Waals surface area contributed by atoms with Gasteiger partial charge >= 0.3 is 0 Å². The predicted molar refractivity (Wildman–Crippen MR) is 212 cm³/mol. The van der Waals surface area contributed by atoms with Crippen molar-refractivity contribution >= 4 is 64.4 Å². The Hall–Kier alpha value is -7.78. The second-order valence-electron chi connectivity index (χ2n) is 12.5. The molecule has 4 amide bonds. The van der Waals surface area contributed by atoms with Crippen LogP contribution in [-0.4, -0.2) is 35.2 Å². The first-order valence-corrected chi connectivity index (χ1v) is 17.2. The lowest BCUT2D eigenvalue weighted by Crippen LogP contribution is -2.29. The maximum atomic E-state index is 13.6. The minimum atomic E-state index is -0.653. The van der Waals surface area contributed by atoms with Crippen molar-refractivity contribution in [2.75, 3.05) is 15.5 Å². The van der Waals surface area contributed by atoms with E-state index in [0.717, 1.165) is 16.0 Å². The molecule has 1 heterocycles. The number of imide groups is 1. The summed E-state index contributed by atoms with van der Waals surface area (Å²) in [5.41, 5.74) is 3.89. The number of benzene rings is 6. The van der Waals surface area contributed by atoms with Crippen LogP contribution in [-0.2, 0) is 0 Å². The Kier molecular flexibility index (Phi) is 10.3. The van der Waals surface area contributed by atoms with Gasteiger partial charge in [-0.1, -0.05) is 103 Å². The smallest absolute Gasteiger partial charge is 0.266 e. The molecule has 0 unspecified atom stereocenters. The summed E-state index contributed by atoms with van der Waals surface area (Å²) in [5.74, 6) is -2.78. The molecular weight excluding hydrogens is 691 g/mol. The molecule has 0 atom stereocenters. The highest BCUT2D eigenvalue weighted by Gasteiger charge is 2.37. The zero-order chi connectivity index (χ0) is 38.3. The van der Waals surface area contributed by atoms with E-state index in [4.69, 9.17) is 0 Å². The summed E-state index contributed by atoms with van der Waals surface area (Å²) in [6, 6.07) is 42.1. The molecule has 7 rings (SSSR count). The summed E-state index contributed by atoms with van der Waals surface area (Å²) < 4.78 is 0. The van der Waals surface area contributed by atoms with Gasteiger partial charge in [0.25, 0.3) is 23.6 Å². The molecule has 0 aliphatic carbocycles. The Morgan fingerprint density at radius 1 is 0.436 bits per heavy atom. The van der Waals surface area contributed by atoms with Gasteiger partial charge in [0.2, 0.25) is 0 Å². The van der Waals surface area contributed by atoms with Crippen molar-refractivity contribution in [3.8, 4) is 0 Å². The molecule has 6 aromatic rings. The zero-order valence-corrected chi connectivity index (χ0v) is 29.1. The summed E-state index contributed by atoms with van der Waals surface area (Å²) in [6.07, 6.45) is 6.35. The van der Waals surface area contributed by atoms with Gasteiger partial charge in [0, 0.05) is 33.6 Å². The molecule has 0 saturated heterocycles. The van der Waals surface area contributed by atoms with Crippen LogP contribution in [0.4, 0.5) is 17.1 Å². The van der Waals surface area contributed by atoms with Gasteiger partial charge < -0.3 is 10.6 Å². The molecule has 6 aromatic carbocycles. The number of ketones is 2. The van der Waals surface area contributed by atoms with Crippen LogP contribution in [0.15, 0.2) is 164 Å². The molecule has 0 bridgehead atoms. The van der Waals surface area contributed by atoms with Crippen LogP contribution in [0, 0.1) is 0 Å². The Balaban J connectivity index is 1.02. The molecule has 0 spiro atoms. The van der Waals surface area contributed by atoms with Crippen molar-refractivity contribution in [3.63, 3.8) is 0 Å². The number of carbonyl (C=O) groups excluding carboxylic acids is 6. The number of hydrogen-bond donors (Lipinski definition) is 2. The fraction of sp³-hybridized carbons (Fsp3) is 0. The summed E-state index contributed by atoms with van der Waals surface area (Å²) in [7, 11) is 0. The van der Waals surface area contributed by atoms with E-state index in [-0.39, 0.29) is 39.5 Å². The normalized spacial score (nSPS) is 12.2. The average molecular weight is 722 g/mol. The van der Waals surface area contributed by atoms with Crippen molar-refractivity contribution in [1.82, 2.24) is 0 Å². The van der Waals surface area contributed by atoms with Crippen LogP contribution in [0.1, 0.15) is 73.3 Å². The molecule has 9 nitrogen and oxygen atoms in total. The number of anilines is 3. The van der Waals surface area contributed by atoms with Crippen molar-refractivity contribution in [2.45, 2.75) is 0 Å². The van der Waals surface area contributed by atoms with Gasteiger partial charge in [0.1, 0.15) is 0 Å². The third kappa shape index (κ3) is 8.16. The van der Waals surface area contributed by atoms with Gasteiger partial charge in [-0.15, -0.1) is 0 Å². The van der Waals surface area contributed by atoms with E-state index in [0.29, 0.717) is 22.5 Å². The molecule has 55 heavy (non-hydrogen) atoms. The summed E-state index contributed by atoms with van der Waals surface area (Å²) in [5, 5.41) is 5.54. The van der Waals surface area contributed by atoms with Crippen LogP contribution in [0.2, 0.25) is 0 Å². The maximum Gasteiger partial charge on any atom is 0.266 e. The van der Waals surface area contributed by atoms with Crippen LogP contribution in [0.5, 0.6) is 0 Å². The van der Waals surface area contributed by atoms with Crippen LogP contribution >= 0.6 is 0 Å². The van der Waals surface area contributed by atoms with Crippen LogP contribution in [0.25, 0.3) is 12.2 Å². The second kappa shape index (κ2) is 15.9. The standard InChI is InChI=1S/C46H31N3O6/c50-41(24-20-30-10-3-1-4-11-30)32-14-7-17-36(26-32)47-43(52)34-16-9-19-38(28-34)49-45(54)39-23-22-35(29-40(39)46(49)55)44(53)48-37-18-8-15-33(27-37)42(51)25-21-31-12-5-2-6-13-31/h1-29H,(H,47,52)(H,48,53). The topological polar surface area (TPSA) is 130 Å². The number of hydrogen-bond acceptors (Lipinski definition) is 6. The van der Waals surface area contributed by atoms with E-state index in [1.165, 1.54) is 42.5 Å². The van der Waals surface area contributed by atoms with Crippen molar-refractivity contribution in [1.29, 1.82) is 0 Å². The van der Waals surface area contributed by atoms with E-state index in [1.807, 2.05) is 60.7 Å². The van der Waals surface area contributed by atoms with Gasteiger partial charge in [0.05, 0.1) is 16.8 Å². The molecule has 0 radical (unpaired) electrons. The van der Waals surface area contributed by atoms with Gasteiger partial charge in [-0.25, -0.2) is 4.90 Å². The Bertz CT molecular complexity index is 2560. The molecule has 266 valence electrons. The number of nitrogens with zero attached hydrogens (tertiary/aromatic N) is 1. The third-order valence-electron chi connectivity index (χ3n) is 8.78. The quantitative estimate of drug-likeness (QED) is 0.0782. The first-order chi connectivity index (χ1) is 26.7. The van der Waals surface area contributed by atoms with Gasteiger partial charge in [-0.2, -0.15) is 0 Å². The number of allylic oxidation sites excluding steroid dienone is 2. The molecular formula is C46H31N3O6. The lowest BCUT2D eigenvalue weighted by Gasteiger charge is -2.15. The zero-order valence-electron chi connectivity index (χ0n) is 29.1. The summed E-state index contributed by atoms with van der Waals surface area (Å²) in [4.78, 5) is 80.2. The molecule has 1 aliphatic heterocycles. The summed E-state index contributed by atoms with van der Waals surface area (Å²) in [6.45, 7) is 0. The van der Waals surface area contributed by atoms with Crippen molar-refractivity contribution in [3.05, 3.63) is 208 Å². The molecule has 0 fully saturated rings. The minimum absolute atomic E-state index is 0.0327. The Morgan fingerprint density at radius 3 is 1.45 bits per heavy atom. The first-order valence-electron chi connectivity index (χ1n) is 17.2. The maximum absolute atomic E-state index is 13.6. The Morgan fingerprint density at radius 2 is 0.909 bits per heavy atom. The second-order valence-corrected chi connectivity index (χ2v) is 12.5. The first kappa shape index (κ1) is 35.6. The molecule has 2 N–H and O–H groups in total. The molecule has 9 heteroatoms. The SMILES string of the molecule is O=C(C=Cc1ccccc1)c1cccc(NC(=O)c2cccc(N3C(=O)c4ccc(C(=O)Nc5cccc(C(=O)C=Cc6ccccc6)c5)cc4C3=O)c2)c1. The van der Waals surface area contributed by atoms with E-state index in [1.54, 1.807) is 72.8 Å². The van der Waals surface area contributed by atoms with E-state index >= 15 is 0 Å². The average Bonchev–Trinajstić information content (AvgIpc) is 3.47. The van der Waals surface area contributed by atoms with Crippen molar-refractivity contribution < 1.29 is 28.8 Å². The number of nitrogens with one attached hydrogen (secondary N) is 2. The summed E-state index contributed by atoms with van der Waals surface area (Å²) >= 11 is 0. The third-order valence-corrected chi connectivity index (χ3v) is 8.78. The van der Waals surface area contributed by atoms with Gasteiger partial charge in [-0.3, -0.25) is 28.8 Å². The monoisotopic (exact) mass is 721 g/mol. The molecule has 0 aromatic heterocycles. The van der Waals surface area contributed by atoms with Crippen LogP contribution in [0.3, 0.4) is 0 Å². The predicted octanol–water partition coefficient (Wildman–Crippen LogP) is 8.78. The van der Waals surface area contributed by atoms with E-state index < -0.39 is 23.6 Å². The lowest BCUT2D eigenvalue weighted by molar-refractivity contribution is 0.0922. The van der Waals surface area contributed by atoms with Gasteiger partial charge in [-0.05, 0) is 83.9 Å². The van der Waals surface area contributed by atoms with Crippen LogP contribution < -0.4 is 15.5 Å². The van der Waals surface area contributed by atoms with Gasteiger partial charge in [0.15, 0.2) is 11.6 Å². The number of amides is 4. The highest BCUT2D eigenvalue weighted by molar-refractivity contribution is 6.35. The minimum Gasteiger partial charge on any atom is -0.322 e. The number of rotatable bonds is 11. The highest BCUT2D eigenvalue weighted by Crippen LogP contribution is 2.30. The number of fused-ring (bicyclic) bond motifs is 1. The van der Waals surface area contributed by atoms with E-state index in [2.05, 4.69) is 10.6 Å². The fourth-order valence-electron chi connectivity index (χ4n) is 5.97. The molecule has 0 saturated carbocycles. The largest absolute Gasteiger partial charge is 0.322 e. The van der Waals surface area contributed by atoms with E-state index in [9.17, 15) is 28.8 Å². The molecule has 1 aliphatic rings. The number of carbonyl (C=O) groups is 6. The highest BCUT2D eigenvalue weighted by atomic mass is 16.2. The fourth-order valence-corrected chi connectivity index (χ4v) is 5.97. The lowest BCUT2D eigenvalue weighted by atomic mass is 10.0.